The highest BCUT2D eigenvalue weighted by molar-refractivity contribution is 6.34. The van der Waals surface area contributed by atoms with E-state index in [0.29, 0.717) is 29.3 Å². The molecule has 5 rings (SSSR count). The molecule has 7 N–H and O–H groups in total. The zero-order valence-corrected chi connectivity index (χ0v) is 31.5. The first-order chi connectivity index (χ1) is 25.9. The van der Waals surface area contributed by atoms with Crippen LogP contribution >= 0.6 is 23.2 Å². The molecular weight excluding hydrogens is 741 g/mol. The average Bonchev–Trinajstić information content (AvgIpc) is 4.12. The summed E-state index contributed by atoms with van der Waals surface area (Å²) in [6, 6.07) is 13.1. The van der Waals surface area contributed by atoms with E-state index >= 15 is 0 Å². The number of hydrogen-bond donors (Lipinski definition) is 7. The number of carbonyl (C=O) groups excluding carboxylic acids is 1. The van der Waals surface area contributed by atoms with Gasteiger partial charge in [-0.3, -0.25) is 9.78 Å². The normalized spacial score (nSPS) is 16.9. The molecule has 4 atom stereocenters. The molecule has 1 heterocycles. The van der Waals surface area contributed by atoms with Gasteiger partial charge >= 0.3 is 12.0 Å². The van der Waals surface area contributed by atoms with E-state index in [9.17, 15) is 30.0 Å². The average molecular weight is 791 g/mol. The molecule has 0 radical (unpaired) electrons. The monoisotopic (exact) mass is 789 g/mol. The van der Waals surface area contributed by atoms with Crippen LogP contribution in [0.25, 0.3) is 11.1 Å². The molecule has 0 spiro atoms. The molecule has 2 amide bonds. The zero-order valence-electron chi connectivity index (χ0n) is 29.9. The van der Waals surface area contributed by atoms with Gasteiger partial charge < -0.3 is 50.3 Å². The molecule has 0 aliphatic heterocycles. The molecule has 2 aromatic carbocycles. The van der Waals surface area contributed by atoms with Gasteiger partial charge in [-0.25, -0.2) is 4.79 Å². The SMILES string of the molecule is O=C(O)CCCNC(=O)N(CCCCc1cc(Cl)c(COC2(c3cnccc3-c3ccccc3OC3CC3)CC2)cc1Cl)CC(O)C(O)C(O)C(O)CO. The van der Waals surface area contributed by atoms with Crippen LogP contribution in [-0.2, 0) is 28.2 Å². The number of aliphatic hydroxyl groups is 5. The highest BCUT2D eigenvalue weighted by atomic mass is 35.5. The Labute approximate surface area is 324 Å². The molecule has 2 aliphatic carbocycles. The Kier molecular flexibility index (Phi) is 14.9. The number of nitrogens with zero attached hydrogens (tertiary/aromatic N) is 2. The number of unbranched alkanes of at least 4 members (excludes halogenated alkanes) is 1. The van der Waals surface area contributed by atoms with Crippen LogP contribution in [0.4, 0.5) is 4.79 Å². The van der Waals surface area contributed by atoms with Crippen LogP contribution < -0.4 is 10.1 Å². The standard InChI is InChI=1S/C39H49Cl2N3O10/c40-30-19-25(23-53-39(13-14-39)29-20-42-16-12-27(29)28-7-1-2-8-34(28)54-26-10-11-26)31(41)18-24(30)6-3-4-17-44(38(52)43-15-5-9-35(48)49)21-32(46)36(50)37(51)33(47)22-45/h1-2,7-8,12,16,18-20,26,32-33,36-37,45-47,50-51H,3-6,9-11,13-15,17,21-23H2,(H,43,52)(H,48,49). The second-order valence-corrected chi connectivity index (χ2v) is 14.8. The van der Waals surface area contributed by atoms with Crippen LogP contribution in [-0.4, -0.2) is 109 Å². The molecule has 15 heteroatoms. The predicted octanol–water partition coefficient (Wildman–Crippen LogP) is 4.44. The van der Waals surface area contributed by atoms with Crippen LogP contribution in [0.3, 0.4) is 0 Å². The van der Waals surface area contributed by atoms with Gasteiger partial charge in [0.1, 0.15) is 30.2 Å². The topological polar surface area (TPSA) is 202 Å². The van der Waals surface area contributed by atoms with E-state index < -0.39 is 55.2 Å². The maximum Gasteiger partial charge on any atom is 0.317 e. The Hall–Kier alpha value is -3.53. The molecule has 1 aromatic heterocycles. The van der Waals surface area contributed by atoms with Crippen LogP contribution in [0.2, 0.25) is 10.0 Å². The number of para-hydroxylation sites is 1. The van der Waals surface area contributed by atoms with E-state index in [2.05, 4.69) is 16.4 Å². The van der Waals surface area contributed by atoms with Crippen LogP contribution in [0, 0.1) is 0 Å². The van der Waals surface area contributed by atoms with Gasteiger partial charge in [0.25, 0.3) is 0 Å². The van der Waals surface area contributed by atoms with Gasteiger partial charge in [-0.1, -0.05) is 41.4 Å². The maximum absolute atomic E-state index is 12.9. The van der Waals surface area contributed by atoms with Crippen molar-refractivity contribution in [2.24, 2.45) is 0 Å². The minimum Gasteiger partial charge on any atom is -0.490 e. The summed E-state index contributed by atoms with van der Waals surface area (Å²) in [5.74, 6) is -0.151. The zero-order chi connectivity index (χ0) is 38.8. The van der Waals surface area contributed by atoms with Gasteiger partial charge in [-0.2, -0.15) is 0 Å². The van der Waals surface area contributed by atoms with E-state index in [0.717, 1.165) is 59.3 Å². The lowest BCUT2D eigenvalue weighted by Crippen LogP contribution is -2.52. The summed E-state index contributed by atoms with van der Waals surface area (Å²) >= 11 is 13.5. The Morgan fingerprint density at radius 1 is 0.944 bits per heavy atom. The Morgan fingerprint density at radius 3 is 2.35 bits per heavy atom. The number of aryl methyl sites for hydroxylation is 1. The van der Waals surface area contributed by atoms with Crippen molar-refractivity contribution in [3.63, 3.8) is 0 Å². The van der Waals surface area contributed by atoms with Gasteiger partial charge in [0, 0.05) is 53.1 Å². The number of carbonyl (C=O) groups is 2. The summed E-state index contributed by atoms with van der Waals surface area (Å²) in [6.45, 7) is -0.782. The highest BCUT2D eigenvalue weighted by Crippen LogP contribution is 2.53. The third kappa shape index (κ3) is 11.3. The van der Waals surface area contributed by atoms with Crippen molar-refractivity contribution in [2.45, 2.75) is 101 Å². The number of halogens is 2. The number of aliphatic carboxylic acids is 1. The van der Waals surface area contributed by atoms with Gasteiger partial charge in [0.05, 0.1) is 31.5 Å². The van der Waals surface area contributed by atoms with E-state index in [4.69, 9.17) is 42.9 Å². The number of aliphatic hydroxyl groups excluding tert-OH is 5. The molecule has 2 saturated carbocycles. The van der Waals surface area contributed by atoms with E-state index in [-0.39, 0.29) is 38.6 Å². The Morgan fingerprint density at radius 2 is 1.65 bits per heavy atom. The summed E-state index contributed by atoms with van der Waals surface area (Å²) in [6.07, 6.45) is 2.26. The lowest BCUT2D eigenvalue weighted by Gasteiger charge is -2.30. The lowest BCUT2D eigenvalue weighted by molar-refractivity contribution is -0.137. The smallest absolute Gasteiger partial charge is 0.317 e. The quantitative estimate of drug-likeness (QED) is 0.0710. The summed E-state index contributed by atoms with van der Waals surface area (Å²) in [4.78, 5) is 29.5. The molecule has 0 bridgehead atoms. The maximum atomic E-state index is 12.9. The number of carboxylic acid groups (broad SMARTS) is 1. The number of amides is 2. The van der Waals surface area contributed by atoms with Gasteiger partial charge in [0.15, 0.2) is 0 Å². The number of carboxylic acids is 1. The van der Waals surface area contributed by atoms with Crippen molar-refractivity contribution in [1.29, 1.82) is 0 Å². The molecular formula is C39H49Cl2N3O10. The van der Waals surface area contributed by atoms with Crippen molar-refractivity contribution in [3.8, 4) is 16.9 Å². The largest absolute Gasteiger partial charge is 0.490 e. The molecule has 54 heavy (non-hydrogen) atoms. The lowest BCUT2D eigenvalue weighted by atomic mass is 9.96. The number of urea groups is 1. The number of benzene rings is 2. The van der Waals surface area contributed by atoms with Crippen molar-refractivity contribution in [3.05, 3.63) is 81.6 Å². The fourth-order valence-corrected chi connectivity index (χ4v) is 6.76. The van der Waals surface area contributed by atoms with Crippen LogP contribution in [0.15, 0.2) is 54.9 Å². The van der Waals surface area contributed by atoms with Crippen LogP contribution in [0.5, 0.6) is 5.75 Å². The molecule has 3 aromatic rings. The third-order valence-corrected chi connectivity index (χ3v) is 10.4. The minimum absolute atomic E-state index is 0.0735. The molecule has 13 nitrogen and oxygen atoms in total. The first-order valence-electron chi connectivity index (χ1n) is 18.3. The summed E-state index contributed by atoms with van der Waals surface area (Å²) in [5, 5.41) is 62.1. The Bertz CT molecular complexity index is 1720. The number of hydrogen-bond acceptors (Lipinski definition) is 10. The van der Waals surface area contributed by atoms with Crippen molar-refractivity contribution < 1.29 is 49.7 Å². The van der Waals surface area contributed by atoms with Gasteiger partial charge in [-0.15, -0.1) is 0 Å². The van der Waals surface area contributed by atoms with Gasteiger partial charge in [0.2, 0.25) is 0 Å². The predicted molar refractivity (Wildman–Crippen MR) is 201 cm³/mol. The first-order valence-corrected chi connectivity index (χ1v) is 19.1. The highest BCUT2D eigenvalue weighted by Gasteiger charge is 2.48. The van der Waals surface area contributed by atoms with E-state index in [1.807, 2.05) is 36.5 Å². The third-order valence-electron chi connectivity index (χ3n) is 9.72. The molecule has 0 saturated heterocycles. The molecule has 2 aliphatic rings. The number of nitrogens with one attached hydrogen (secondary N) is 1. The van der Waals surface area contributed by atoms with Crippen molar-refractivity contribution >= 4 is 35.2 Å². The fraction of sp³-hybridized carbons (Fsp3) is 0.513. The van der Waals surface area contributed by atoms with Crippen molar-refractivity contribution in [1.82, 2.24) is 15.2 Å². The number of pyridine rings is 1. The fourth-order valence-electron chi connectivity index (χ4n) is 6.24. The molecule has 4 unspecified atom stereocenters. The summed E-state index contributed by atoms with van der Waals surface area (Å²) in [5.41, 5.74) is 4.06. The summed E-state index contributed by atoms with van der Waals surface area (Å²) < 4.78 is 12.8. The minimum atomic E-state index is -1.85. The number of rotatable bonds is 22. The van der Waals surface area contributed by atoms with Gasteiger partial charge in [-0.05, 0) is 92.3 Å². The number of aromatic nitrogens is 1. The summed E-state index contributed by atoms with van der Waals surface area (Å²) in [7, 11) is 0. The van der Waals surface area contributed by atoms with E-state index in [1.165, 1.54) is 4.90 Å². The Balaban J connectivity index is 1.18. The second kappa shape index (κ2) is 19.4. The first kappa shape index (κ1) is 41.6. The van der Waals surface area contributed by atoms with Crippen molar-refractivity contribution in [2.75, 3.05) is 26.2 Å². The molecule has 2 fully saturated rings. The number of ether oxygens (including phenoxy) is 2. The van der Waals surface area contributed by atoms with E-state index in [1.54, 1.807) is 12.3 Å². The second-order valence-electron chi connectivity index (χ2n) is 14.0. The van der Waals surface area contributed by atoms with Crippen LogP contribution in [0.1, 0.15) is 68.1 Å². The molecule has 294 valence electrons.